The molecule has 9 rings (SSSR count). The van der Waals surface area contributed by atoms with Crippen LogP contribution < -0.4 is 0 Å². The summed E-state index contributed by atoms with van der Waals surface area (Å²) < 4.78 is 8.39. The average Bonchev–Trinajstić information content (AvgIpc) is 3.64. The summed E-state index contributed by atoms with van der Waals surface area (Å²) in [7, 11) is 0. The third-order valence-electron chi connectivity index (χ3n) is 8.41. The molecule has 0 saturated carbocycles. The summed E-state index contributed by atoms with van der Waals surface area (Å²) in [5.41, 5.74) is 10.0. The zero-order chi connectivity index (χ0) is 29.0. The van der Waals surface area contributed by atoms with Gasteiger partial charge in [0.05, 0.1) is 16.6 Å². The van der Waals surface area contributed by atoms with E-state index in [0.29, 0.717) is 5.82 Å². The van der Waals surface area contributed by atoms with Gasteiger partial charge in [0.1, 0.15) is 16.8 Å². The molecule has 44 heavy (non-hydrogen) atoms. The van der Waals surface area contributed by atoms with E-state index in [0.717, 1.165) is 77.5 Å². The molecular formula is C40H25N3O. The third-order valence-corrected chi connectivity index (χ3v) is 8.41. The predicted octanol–water partition coefficient (Wildman–Crippen LogP) is 10.5. The van der Waals surface area contributed by atoms with Crippen molar-refractivity contribution in [1.29, 1.82) is 0 Å². The molecule has 0 fully saturated rings. The van der Waals surface area contributed by atoms with Crippen LogP contribution in [0.5, 0.6) is 0 Å². The van der Waals surface area contributed by atoms with Crippen molar-refractivity contribution < 1.29 is 4.42 Å². The molecule has 0 unspecified atom stereocenters. The number of aromatic nitrogens is 3. The fourth-order valence-corrected chi connectivity index (χ4v) is 6.35. The first kappa shape index (κ1) is 24.6. The Labute approximate surface area is 253 Å². The van der Waals surface area contributed by atoms with Crippen LogP contribution in [0.4, 0.5) is 0 Å². The first-order valence-electron chi connectivity index (χ1n) is 14.8. The highest BCUT2D eigenvalue weighted by Crippen LogP contribution is 2.40. The van der Waals surface area contributed by atoms with Crippen molar-refractivity contribution in [3.8, 4) is 39.5 Å². The summed E-state index contributed by atoms with van der Waals surface area (Å²) in [5.74, 6) is 0.703. The predicted molar refractivity (Wildman–Crippen MR) is 180 cm³/mol. The van der Waals surface area contributed by atoms with Crippen LogP contribution in [0.2, 0.25) is 0 Å². The highest BCUT2D eigenvalue weighted by Gasteiger charge is 2.21. The van der Waals surface area contributed by atoms with Gasteiger partial charge in [-0.3, -0.25) is 4.57 Å². The molecule has 0 spiro atoms. The fourth-order valence-electron chi connectivity index (χ4n) is 6.35. The minimum absolute atomic E-state index is 0.703. The highest BCUT2D eigenvalue weighted by atomic mass is 16.3. The molecular weight excluding hydrogens is 538 g/mol. The van der Waals surface area contributed by atoms with Gasteiger partial charge >= 0.3 is 0 Å². The van der Waals surface area contributed by atoms with E-state index < -0.39 is 0 Å². The number of furan rings is 1. The topological polar surface area (TPSA) is 43.9 Å². The van der Waals surface area contributed by atoms with E-state index in [2.05, 4.69) is 114 Å². The summed E-state index contributed by atoms with van der Waals surface area (Å²) in [5, 5.41) is 4.39. The molecule has 0 N–H and O–H groups in total. The molecule has 3 aromatic heterocycles. The Balaban J connectivity index is 1.37. The molecule has 0 aliphatic carbocycles. The lowest BCUT2D eigenvalue weighted by Gasteiger charge is -2.10. The Morgan fingerprint density at radius 3 is 1.89 bits per heavy atom. The Kier molecular flexibility index (Phi) is 5.47. The molecule has 4 nitrogen and oxygen atoms in total. The zero-order valence-corrected chi connectivity index (χ0v) is 23.7. The molecule has 206 valence electrons. The van der Waals surface area contributed by atoms with Crippen LogP contribution in [-0.4, -0.2) is 14.5 Å². The monoisotopic (exact) mass is 563 g/mol. The number of hydrogen-bond donors (Lipinski definition) is 0. The normalized spacial score (nSPS) is 11.6. The molecule has 0 amide bonds. The lowest BCUT2D eigenvalue weighted by molar-refractivity contribution is 0.669. The van der Waals surface area contributed by atoms with Gasteiger partial charge in [-0.2, -0.15) is 0 Å². The van der Waals surface area contributed by atoms with Gasteiger partial charge in [0.2, 0.25) is 0 Å². The van der Waals surface area contributed by atoms with Gasteiger partial charge in [0.15, 0.2) is 5.82 Å². The molecule has 4 heteroatoms. The molecule has 9 aromatic rings. The van der Waals surface area contributed by atoms with Crippen molar-refractivity contribution in [3.05, 3.63) is 152 Å². The summed E-state index contributed by atoms with van der Waals surface area (Å²) >= 11 is 0. The second-order valence-electron chi connectivity index (χ2n) is 11.0. The first-order valence-corrected chi connectivity index (χ1v) is 14.8. The van der Waals surface area contributed by atoms with Crippen LogP contribution in [0.3, 0.4) is 0 Å². The van der Waals surface area contributed by atoms with Crippen LogP contribution in [0.1, 0.15) is 0 Å². The van der Waals surface area contributed by atoms with Gasteiger partial charge in [0.25, 0.3) is 0 Å². The van der Waals surface area contributed by atoms with E-state index in [4.69, 9.17) is 14.4 Å². The second kappa shape index (κ2) is 9.79. The van der Waals surface area contributed by atoms with Crippen molar-refractivity contribution in [2.24, 2.45) is 0 Å². The van der Waals surface area contributed by atoms with E-state index in [-0.39, 0.29) is 0 Å². The molecule has 0 aliphatic rings. The maximum atomic E-state index is 6.11. The number of para-hydroxylation sites is 2. The van der Waals surface area contributed by atoms with Crippen molar-refractivity contribution in [2.45, 2.75) is 0 Å². The maximum Gasteiger partial charge on any atom is 0.162 e. The second-order valence-corrected chi connectivity index (χ2v) is 11.0. The van der Waals surface area contributed by atoms with Gasteiger partial charge in [0, 0.05) is 33.0 Å². The van der Waals surface area contributed by atoms with Gasteiger partial charge in [-0.1, -0.05) is 115 Å². The molecule has 0 aliphatic heterocycles. The SMILES string of the molecule is c1ccc(-c2nc(-c3ccccc3)c3c4ccc(-c5ccc6oc7ccccc7c6c5)cc4n(-c4ccccc4)c3n2)cc1. The Morgan fingerprint density at radius 1 is 0.455 bits per heavy atom. The Bertz CT molecular complexity index is 2480. The summed E-state index contributed by atoms with van der Waals surface area (Å²) in [6.07, 6.45) is 0. The van der Waals surface area contributed by atoms with Gasteiger partial charge < -0.3 is 4.42 Å². The van der Waals surface area contributed by atoms with Crippen molar-refractivity contribution in [2.75, 3.05) is 0 Å². The van der Waals surface area contributed by atoms with E-state index in [1.165, 1.54) is 0 Å². The average molecular weight is 564 g/mol. The van der Waals surface area contributed by atoms with Crippen LogP contribution in [0.25, 0.3) is 83.3 Å². The summed E-state index contributed by atoms with van der Waals surface area (Å²) in [6, 6.07) is 52.5. The zero-order valence-electron chi connectivity index (χ0n) is 23.7. The minimum atomic E-state index is 0.703. The smallest absolute Gasteiger partial charge is 0.162 e. The molecule has 0 bridgehead atoms. The number of rotatable bonds is 4. The Morgan fingerprint density at radius 2 is 1.09 bits per heavy atom. The van der Waals surface area contributed by atoms with Crippen molar-refractivity contribution >= 4 is 43.9 Å². The van der Waals surface area contributed by atoms with Crippen LogP contribution >= 0.6 is 0 Å². The largest absolute Gasteiger partial charge is 0.456 e. The van der Waals surface area contributed by atoms with Crippen molar-refractivity contribution in [3.63, 3.8) is 0 Å². The van der Waals surface area contributed by atoms with Gasteiger partial charge in [-0.15, -0.1) is 0 Å². The molecule has 0 radical (unpaired) electrons. The summed E-state index contributed by atoms with van der Waals surface area (Å²) in [4.78, 5) is 10.5. The molecule has 0 saturated heterocycles. The number of nitrogens with zero attached hydrogens (tertiary/aromatic N) is 3. The third kappa shape index (κ3) is 3.85. The van der Waals surface area contributed by atoms with Crippen LogP contribution in [-0.2, 0) is 0 Å². The molecule has 6 aromatic carbocycles. The number of fused-ring (bicyclic) bond motifs is 6. The quantitative estimate of drug-likeness (QED) is 0.214. The standard InChI is InChI=1S/C40H25N3O/c1-4-12-26(13-5-1)38-37-32-22-20-29(28-21-23-36-33(24-28)31-18-10-11-19-35(31)44-36)25-34(32)43(30-16-8-3-9-17-30)40(37)42-39(41-38)27-14-6-2-7-15-27/h1-25H. The maximum absolute atomic E-state index is 6.11. The van der Waals surface area contributed by atoms with E-state index in [1.54, 1.807) is 0 Å². The van der Waals surface area contributed by atoms with Gasteiger partial charge in [-0.25, -0.2) is 9.97 Å². The molecule has 0 atom stereocenters. The first-order chi connectivity index (χ1) is 21.8. The highest BCUT2D eigenvalue weighted by molar-refractivity contribution is 6.15. The summed E-state index contributed by atoms with van der Waals surface area (Å²) in [6.45, 7) is 0. The van der Waals surface area contributed by atoms with Crippen LogP contribution in [0, 0.1) is 0 Å². The lowest BCUT2D eigenvalue weighted by Crippen LogP contribution is -1.99. The number of hydrogen-bond acceptors (Lipinski definition) is 3. The van der Waals surface area contributed by atoms with Crippen LogP contribution in [0.15, 0.2) is 156 Å². The minimum Gasteiger partial charge on any atom is -0.456 e. The van der Waals surface area contributed by atoms with Crippen molar-refractivity contribution in [1.82, 2.24) is 14.5 Å². The van der Waals surface area contributed by atoms with E-state index in [9.17, 15) is 0 Å². The Hall–Kier alpha value is -6.00. The van der Waals surface area contributed by atoms with E-state index in [1.807, 2.05) is 42.5 Å². The number of benzene rings is 6. The molecule has 3 heterocycles. The van der Waals surface area contributed by atoms with Gasteiger partial charge in [-0.05, 0) is 47.5 Å². The lowest BCUT2D eigenvalue weighted by atomic mass is 10.00. The fraction of sp³-hybridized carbons (Fsp3) is 0. The van der Waals surface area contributed by atoms with E-state index >= 15 is 0 Å².